The van der Waals surface area contributed by atoms with E-state index < -0.39 is 0 Å². The highest BCUT2D eigenvalue weighted by atomic mass is 15.3. The van der Waals surface area contributed by atoms with Crippen LogP contribution in [0.2, 0.25) is 0 Å². The monoisotopic (exact) mass is 195 g/mol. The van der Waals surface area contributed by atoms with Gasteiger partial charge in [-0.05, 0) is 32.4 Å². The lowest BCUT2D eigenvalue weighted by molar-refractivity contribution is 0.551. The molecular formula is C11H21N3. The van der Waals surface area contributed by atoms with Crippen molar-refractivity contribution in [2.75, 3.05) is 13.1 Å². The Hall–Kier alpha value is -0.830. The van der Waals surface area contributed by atoms with Crippen molar-refractivity contribution in [1.29, 1.82) is 0 Å². The predicted octanol–water partition coefficient (Wildman–Crippen LogP) is 1.67. The molecule has 0 atom stereocenters. The van der Waals surface area contributed by atoms with Gasteiger partial charge in [-0.25, -0.2) is 0 Å². The molecule has 0 unspecified atom stereocenters. The summed E-state index contributed by atoms with van der Waals surface area (Å²) in [4.78, 5) is 0. The van der Waals surface area contributed by atoms with Crippen LogP contribution in [-0.4, -0.2) is 22.9 Å². The fourth-order valence-electron chi connectivity index (χ4n) is 1.83. The van der Waals surface area contributed by atoms with E-state index in [2.05, 4.69) is 42.8 Å². The Kier molecular flexibility index (Phi) is 4.14. The van der Waals surface area contributed by atoms with Crippen molar-refractivity contribution in [2.45, 2.75) is 40.7 Å². The molecule has 1 aromatic heterocycles. The molecule has 14 heavy (non-hydrogen) atoms. The quantitative estimate of drug-likeness (QED) is 0.724. The van der Waals surface area contributed by atoms with Crippen LogP contribution in [0.1, 0.15) is 30.8 Å². The first-order valence-electron chi connectivity index (χ1n) is 5.44. The van der Waals surface area contributed by atoms with E-state index in [9.17, 15) is 0 Å². The number of nitrogens with one attached hydrogen (secondary N) is 1. The molecule has 1 aromatic rings. The molecule has 0 saturated carbocycles. The summed E-state index contributed by atoms with van der Waals surface area (Å²) < 4.78 is 2.11. The Balaban J connectivity index is 2.68. The van der Waals surface area contributed by atoms with Gasteiger partial charge in [-0.15, -0.1) is 0 Å². The Bertz CT molecular complexity index is 289. The predicted molar refractivity (Wildman–Crippen MR) is 59.6 cm³/mol. The maximum absolute atomic E-state index is 4.53. The molecule has 0 radical (unpaired) electrons. The molecule has 1 heterocycles. The SMILES string of the molecule is CCNCCn1nc(C)c(CC)c1C. The van der Waals surface area contributed by atoms with E-state index in [0.29, 0.717) is 0 Å². The average molecular weight is 195 g/mol. The van der Waals surface area contributed by atoms with Gasteiger partial charge in [-0.2, -0.15) is 5.10 Å². The average Bonchev–Trinajstić information content (AvgIpc) is 2.42. The van der Waals surface area contributed by atoms with E-state index in [1.807, 2.05) is 0 Å². The molecule has 0 amide bonds. The van der Waals surface area contributed by atoms with E-state index in [1.54, 1.807) is 0 Å². The summed E-state index contributed by atoms with van der Waals surface area (Å²) in [5.74, 6) is 0. The smallest absolute Gasteiger partial charge is 0.0628 e. The van der Waals surface area contributed by atoms with Crippen LogP contribution < -0.4 is 5.32 Å². The third kappa shape index (κ3) is 2.35. The Morgan fingerprint density at radius 2 is 2.00 bits per heavy atom. The number of hydrogen-bond donors (Lipinski definition) is 1. The summed E-state index contributed by atoms with van der Waals surface area (Å²) in [7, 11) is 0. The van der Waals surface area contributed by atoms with Crippen LogP contribution in [0, 0.1) is 13.8 Å². The van der Waals surface area contributed by atoms with E-state index in [4.69, 9.17) is 0 Å². The highest BCUT2D eigenvalue weighted by Gasteiger charge is 2.08. The molecule has 0 fully saturated rings. The molecule has 80 valence electrons. The number of nitrogens with zero attached hydrogens (tertiary/aromatic N) is 2. The number of aryl methyl sites for hydroxylation is 1. The molecule has 3 heteroatoms. The Morgan fingerprint density at radius 1 is 1.29 bits per heavy atom. The minimum absolute atomic E-state index is 0.973. The maximum Gasteiger partial charge on any atom is 0.0628 e. The lowest BCUT2D eigenvalue weighted by Gasteiger charge is -2.05. The normalized spacial score (nSPS) is 10.9. The minimum atomic E-state index is 0.973. The van der Waals surface area contributed by atoms with Gasteiger partial charge in [-0.1, -0.05) is 13.8 Å². The van der Waals surface area contributed by atoms with Gasteiger partial charge >= 0.3 is 0 Å². The lowest BCUT2D eigenvalue weighted by Crippen LogP contribution is -2.20. The van der Waals surface area contributed by atoms with Gasteiger partial charge in [0, 0.05) is 12.2 Å². The van der Waals surface area contributed by atoms with Gasteiger partial charge in [0.1, 0.15) is 0 Å². The summed E-state index contributed by atoms with van der Waals surface area (Å²) in [6.45, 7) is 11.6. The maximum atomic E-state index is 4.53. The molecule has 1 rings (SSSR count). The molecule has 3 nitrogen and oxygen atoms in total. The topological polar surface area (TPSA) is 29.9 Å². The van der Waals surface area contributed by atoms with Crippen molar-refractivity contribution in [3.63, 3.8) is 0 Å². The Morgan fingerprint density at radius 3 is 2.50 bits per heavy atom. The first-order chi connectivity index (χ1) is 6.70. The number of aromatic nitrogens is 2. The van der Waals surface area contributed by atoms with Gasteiger partial charge in [-0.3, -0.25) is 4.68 Å². The zero-order valence-corrected chi connectivity index (χ0v) is 9.72. The summed E-state index contributed by atoms with van der Waals surface area (Å²) >= 11 is 0. The minimum Gasteiger partial charge on any atom is -0.315 e. The summed E-state index contributed by atoms with van der Waals surface area (Å²) in [6, 6.07) is 0. The third-order valence-electron chi connectivity index (χ3n) is 2.64. The molecule has 1 N–H and O–H groups in total. The number of rotatable bonds is 5. The second-order valence-corrected chi connectivity index (χ2v) is 3.58. The van der Waals surface area contributed by atoms with Gasteiger partial charge in [0.15, 0.2) is 0 Å². The molecule has 0 saturated heterocycles. The molecule has 0 aliphatic rings. The second-order valence-electron chi connectivity index (χ2n) is 3.58. The van der Waals surface area contributed by atoms with Gasteiger partial charge < -0.3 is 5.32 Å². The van der Waals surface area contributed by atoms with Crippen molar-refractivity contribution in [3.8, 4) is 0 Å². The Labute approximate surface area is 86.5 Å². The van der Waals surface area contributed by atoms with Crippen LogP contribution in [0.15, 0.2) is 0 Å². The fraction of sp³-hybridized carbons (Fsp3) is 0.727. The molecule has 0 bridgehead atoms. The molecule has 0 aliphatic heterocycles. The van der Waals surface area contributed by atoms with Crippen molar-refractivity contribution >= 4 is 0 Å². The summed E-state index contributed by atoms with van der Waals surface area (Å²) in [6.07, 6.45) is 1.08. The number of hydrogen-bond acceptors (Lipinski definition) is 2. The lowest BCUT2D eigenvalue weighted by atomic mass is 10.1. The van der Waals surface area contributed by atoms with Crippen molar-refractivity contribution in [1.82, 2.24) is 15.1 Å². The van der Waals surface area contributed by atoms with Crippen molar-refractivity contribution in [2.24, 2.45) is 0 Å². The summed E-state index contributed by atoms with van der Waals surface area (Å²) in [5, 5.41) is 7.84. The zero-order valence-electron chi connectivity index (χ0n) is 9.72. The van der Waals surface area contributed by atoms with Crippen LogP contribution in [0.4, 0.5) is 0 Å². The van der Waals surface area contributed by atoms with Crippen LogP contribution in [0.25, 0.3) is 0 Å². The van der Waals surface area contributed by atoms with E-state index in [0.717, 1.165) is 26.1 Å². The van der Waals surface area contributed by atoms with Crippen molar-refractivity contribution < 1.29 is 0 Å². The van der Waals surface area contributed by atoms with Gasteiger partial charge in [0.25, 0.3) is 0 Å². The van der Waals surface area contributed by atoms with Crippen LogP contribution in [0.3, 0.4) is 0 Å². The second kappa shape index (κ2) is 5.15. The first-order valence-corrected chi connectivity index (χ1v) is 5.44. The standard InChI is InChI=1S/C11H21N3/c1-5-11-9(3)13-14(10(11)4)8-7-12-6-2/h12H,5-8H2,1-4H3. The zero-order chi connectivity index (χ0) is 10.6. The molecule has 0 aromatic carbocycles. The molecule has 0 spiro atoms. The third-order valence-corrected chi connectivity index (χ3v) is 2.64. The highest BCUT2D eigenvalue weighted by Crippen LogP contribution is 2.12. The van der Waals surface area contributed by atoms with E-state index >= 15 is 0 Å². The first kappa shape index (κ1) is 11.2. The van der Waals surface area contributed by atoms with Gasteiger partial charge in [0.05, 0.1) is 12.2 Å². The molecular weight excluding hydrogens is 174 g/mol. The summed E-state index contributed by atoms with van der Waals surface area (Å²) in [5.41, 5.74) is 3.91. The highest BCUT2D eigenvalue weighted by molar-refractivity contribution is 5.24. The largest absolute Gasteiger partial charge is 0.315 e. The van der Waals surface area contributed by atoms with E-state index in [-0.39, 0.29) is 0 Å². The van der Waals surface area contributed by atoms with Gasteiger partial charge in [0.2, 0.25) is 0 Å². The van der Waals surface area contributed by atoms with Crippen LogP contribution in [0.5, 0.6) is 0 Å². The number of likely N-dealkylation sites (N-methyl/N-ethyl adjacent to an activating group) is 1. The van der Waals surface area contributed by atoms with Crippen molar-refractivity contribution in [3.05, 3.63) is 17.0 Å². The van der Waals surface area contributed by atoms with E-state index in [1.165, 1.54) is 17.0 Å². The van der Waals surface area contributed by atoms with Crippen LogP contribution in [-0.2, 0) is 13.0 Å². The van der Waals surface area contributed by atoms with Crippen LogP contribution >= 0.6 is 0 Å². The molecule has 0 aliphatic carbocycles. The fourth-order valence-corrected chi connectivity index (χ4v) is 1.83.